The quantitative estimate of drug-likeness (QED) is 0.187. The van der Waals surface area contributed by atoms with Gasteiger partial charge in [-0.3, -0.25) is 8.97 Å². The monoisotopic (exact) mass is 611 g/mol. The van der Waals surface area contributed by atoms with E-state index in [1.165, 1.54) is 16.2 Å². The maximum atomic E-state index is 5.41. The normalized spacial score (nSPS) is 12.2. The number of rotatable bonds is 3. The summed E-state index contributed by atoms with van der Waals surface area (Å²) in [6.07, 6.45) is 0. The van der Waals surface area contributed by atoms with Crippen LogP contribution >= 0.6 is 0 Å². The molecule has 5 heteroatoms. The molecule has 48 heavy (non-hydrogen) atoms. The lowest BCUT2D eigenvalue weighted by Gasteiger charge is -2.13. The minimum absolute atomic E-state index is 0.650. The molecule has 11 aromatic rings. The molecular weight excluding hydrogens is 587 g/mol. The van der Waals surface area contributed by atoms with Crippen molar-refractivity contribution in [2.75, 3.05) is 0 Å². The van der Waals surface area contributed by atoms with Crippen LogP contribution in [0.2, 0.25) is 0 Å². The molecule has 0 amide bonds. The van der Waals surface area contributed by atoms with E-state index < -0.39 is 0 Å². The number of hydrogen-bond acceptors (Lipinski definition) is 3. The van der Waals surface area contributed by atoms with Gasteiger partial charge in [0.25, 0.3) is 0 Å². The van der Waals surface area contributed by atoms with Gasteiger partial charge in [0.15, 0.2) is 0 Å². The topological polar surface area (TPSA) is 48.0 Å². The van der Waals surface area contributed by atoms with Crippen molar-refractivity contribution in [3.8, 4) is 28.6 Å². The first-order valence-electron chi connectivity index (χ1n) is 16.2. The fraction of sp³-hybridized carbons (Fsp3) is 0. The summed E-state index contributed by atoms with van der Waals surface area (Å²) in [6, 6.07) is 53.4. The molecular formula is C43H25N5. The van der Waals surface area contributed by atoms with Gasteiger partial charge >= 0.3 is 0 Å². The lowest BCUT2D eigenvalue weighted by atomic mass is 10.0. The summed E-state index contributed by atoms with van der Waals surface area (Å²) in [5.74, 6) is 1.58. The average molecular weight is 612 g/mol. The van der Waals surface area contributed by atoms with Crippen molar-refractivity contribution in [3.05, 3.63) is 152 Å². The Labute approximate surface area is 274 Å². The highest BCUT2D eigenvalue weighted by atomic mass is 15.2. The van der Waals surface area contributed by atoms with E-state index in [0.717, 1.165) is 77.3 Å². The van der Waals surface area contributed by atoms with Crippen molar-refractivity contribution in [3.63, 3.8) is 0 Å². The van der Waals surface area contributed by atoms with Gasteiger partial charge < -0.3 is 0 Å². The third-order valence-electron chi connectivity index (χ3n) is 9.86. The average Bonchev–Trinajstić information content (AvgIpc) is 3.67. The number of benzene rings is 7. The van der Waals surface area contributed by atoms with Gasteiger partial charge in [-0.15, -0.1) is 0 Å². The molecule has 4 heterocycles. The highest BCUT2D eigenvalue weighted by Gasteiger charge is 2.25. The molecule has 222 valence electrons. The van der Waals surface area contributed by atoms with Gasteiger partial charge in [-0.25, -0.2) is 15.0 Å². The predicted octanol–water partition coefficient (Wildman–Crippen LogP) is 10.6. The summed E-state index contributed by atoms with van der Waals surface area (Å²) < 4.78 is 4.62. The van der Waals surface area contributed by atoms with Crippen LogP contribution in [0.25, 0.3) is 99.4 Å². The minimum Gasteiger partial charge on any atom is -0.291 e. The highest BCUT2D eigenvalue weighted by Crippen LogP contribution is 2.44. The highest BCUT2D eigenvalue weighted by molar-refractivity contribution is 6.30. The third kappa shape index (κ3) is 3.37. The second kappa shape index (κ2) is 9.47. The van der Waals surface area contributed by atoms with E-state index in [0.29, 0.717) is 5.95 Å². The molecule has 0 aliphatic rings. The maximum absolute atomic E-state index is 5.41. The Morgan fingerprint density at radius 1 is 0.417 bits per heavy atom. The van der Waals surface area contributed by atoms with Crippen LogP contribution in [-0.2, 0) is 0 Å². The Kier molecular flexibility index (Phi) is 5.05. The van der Waals surface area contributed by atoms with Gasteiger partial charge in [-0.1, -0.05) is 121 Å². The van der Waals surface area contributed by atoms with Gasteiger partial charge in [-0.2, -0.15) is 0 Å². The number of fused-ring (bicyclic) bond motifs is 6. The van der Waals surface area contributed by atoms with Crippen LogP contribution in [-0.4, -0.2) is 23.9 Å². The summed E-state index contributed by atoms with van der Waals surface area (Å²) in [5.41, 5.74) is 9.31. The van der Waals surface area contributed by atoms with Crippen LogP contribution in [0.1, 0.15) is 0 Å². The first-order chi connectivity index (χ1) is 23.8. The second-order valence-corrected chi connectivity index (χ2v) is 12.4. The first kappa shape index (κ1) is 25.6. The molecule has 11 rings (SSSR count). The molecule has 0 unspecified atom stereocenters. The Balaban J connectivity index is 1.36. The molecule has 0 N–H and O–H groups in total. The summed E-state index contributed by atoms with van der Waals surface area (Å²) in [5, 5.41) is 8.01. The Morgan fingerprint density at radius 2 is 1.10 bits per heavy atom. The summed E-state index contributed by atoms with van der Waals surface area (Å²) in [4.78, 5) is 16.1. The maximum Gasteiger partial charge on any atom is 0.235 e. The van der Waals surface area contributed by atoms with Crippen LogP contribution in [0.15, 0.2) is 152 Å². The molecule has 0 fully saturated rings. The van der Waals surface area contributed by atoms with Crippen molar-refractivity contribution in [1.82, 2.24) is 23.9 Å². The standard InChI is InChI=1S/C43H25N5/c1-3-13-27(14-4-1)39-32-23-22-26-12-7-8-17-29(26)40(32)46-43(45-39)47-35-21-11-19-31-30-18-9-10-20-34(30)48-41-33(24-25-36(47)38(41)37(31)35)44-42(48)28-15-5-2-6-16-28/h1-25H. The van der Waals surface area contributed by atoms with E-state index in [-0.39, 0.29) is 0 Å². The molecule has 0 aliphatic carbocycles. The van der Waals surface area contributed by atoms with Crippen LogP contribution in [0.4, 0.5) is 0 Å². The molecule has 0 aliphatic heterocycles. The van der Waals surface area contributed by atoms with Crippen LogP contribution < -0.4 is 0 Å². The van der Waals surface area contributed by atoms with E-state index in [1.54, 1.807) is 0 Å². The minimum atomic E-state index is 0.650. The van der Waals surface area contributed by atoms with Gasteiger partial charge in [0.2, 0.25) is 5.95 Å². The molecule has 0 bridgehead atoms. The Hall–Kier alpha value is -6.59. The molecule has 0 saturated carbocycles. The number of para-hydroxylation sites is 1. The zero-order valence-electron chi connectivity index (χ0n) is 25.7. The number of aromatic nitrogens is 5. The molecule has 0 saturated heterocycles. The molecule has 4 aromatic heterocycles. The number of imidazole rings is 1. The van der Waals surface area contributed by atoms with Crippen molar-refractivity contribution >= 4 is 70.8 Å². The van der Waals surface area contributed by atoms with Crippen LogP contribution in [0.5, 0.6) is 0 Å². The van der Waals surface area contributed by atoms with Crippen molar-refractivity contribution in [2.45, 2.75) is 0 Å². The summed E-state index contributed by atoms with van der Waals surface area (Å²) >= 11 is 0. The second-order valence-electron chi connectivity index (χ2n) is 12.4. The molecule has 0 atom stereocenters. The fourth-order valence-electron chi connectivity index (χ4n) is 7.83. The molecule has 0 radical (unpaired) electrons. The third-order valence-corrected chi connectivity index (χ3v) is 9.86. The van der Waals surface area contributed by atoms with Gasteiger partial charge in [-0.05, 0) is 41.1 Å². The van der Waals surface area contributed by atoms with E-state index in [1.807, 2.05) is 6.07 Å². The molecule has 0 spiro atoms. The molecule has 5 nitrogen and oxygen atoms in total. The lowest BCUT2D eigenvalue weighted by molar-refractivity contribution is 1.02. The fourth-order valence-corrected chi connectivity index (χ4v) is 7.83. The smallest absolute Gasteiger partial charge is 0.235 e. The van der Waals surface area contributed by atoms with Crippen LogP contribution in [0, 0.1) is 0 Å². The Bertz CT molecular complexity index is 3050. The largest absolute Gasteiger partial charge is 0.291 e. The summed E-state index contributed by atoms with van der Waals surface area (Å²) in [6.45, 7) is 0. The zero-order chi connectivity index (χ0) is 31.3. The van der Waals surface area contributed by atoms with E-state index in [9.17, 15) is 0 Å². The predicted molar refractivity (Wildman–Crippen MR) is 197 cm³/mol. The van der Waals surface area contributed by atoms with Crippen molar-refractivity contribution in [1.29, 1.82) is 0 Å². The van der Waals surface area contributed by atoms with E-state index in [2.05, 4.69) is 155 Å². The Morgan fingerprint density at radius 3 is 1.96 bits per heavy atom. The SMILES string of the molecule is c1ccc(-c2nc(-n3c4cccc5c6ccccc6n6c(-c7ccccc7)nc7ccc3c(c54)c76)nc3c2ccc2ccccc23)cc1. The van der Waals surface area contributed by atoms with Crippen molar-refractivity contribution < 1.29 is 0 Å². The zero-order valence-corrected chi connectivity index (χ0v) is 25.7. The van der Waals surface area contributed by atoms with Gasteiger partial charge in [0.1, 0.15) is 5.82 Å². The van der Waals surface area contributed by atoms with E-state index >= 15 is 0 Å². The lowest BCUT2D eigenvalue weighted by Crippen LogP contribution is -2.04. The number of nitrogens with zero attached hydrogens (tertiary/aromatic N) is 5. The van der Waals surface area contributed by atoms with Gasteiger partial charge in [0, 0.05) is 38.1 Å². The van der Waals surface area contributed by atoms with E-state index in [4.69, 9.17) is 15.0 Å². The summed E-state index contributed by atoms with van der Waals surface area (Å²) in [7, 11) is 0. The van der Waals surface area contributed by atoms with Gasteiger partial charge in [0.05, 0.1) is 38.8 Å². The first-order valence-corrected chi connectivity index (χ1v) is 16.2. The van der Waals surface area contributed by atoms with Crippen molar-refractivity contribution in [2.24, 2.45) is 0 Å². The number of hydrogen-bond donors (Lipinski definition) is 0. The molecule has 7 aromatic carbocycles. The van der Waals surface area contributed by atoms with Crippen LogP contribution in [0.3, 0.4) is 0 Å².